The standard InChI is InChI=1S/C9H16N4/c1-2-7-4-3-5-8(6-7)9-10-12-13-11-9/h7-8H,2-6H2,1H3,(H,10,11,12,13). The Morgan fingerprint density at radius 1 is 1.46 bits per heavy atom. The van der Waals surface area contributed by atoms with Gasteiger partial charge in [0.15, 0.2) is 5.82 Å². The Bertz CT molecular complexity index is 244. The molecule has 0 spiro atoms. The normalized spacial score (nSPS) is 29.0. The third-order valence-corrected chi connectivity index (χ3v) is 3.09. The lowest BCUT2D eigenvalue weighted by molar-refractivity contribution is 0.307. The highest BCUT2D eigenvalue weighted by Crippen LogP contribution is 2.35. The second-order valence-corrected chi connectivity index (χ2v) is 3.91. The summed E-state index contributed by atoms with van der Waals surface area (Å²) in [6, 6.07) is 0. The van der Waals surface area contributed by atoms with E-state index in [0.29, 0.717) is 5.92 Å². The van der Waals surface area contributed by atoms with Crippen LogP contribution >= 0.6 is 0 Å². The average molecular weight is 180 g/mol. The van der Waals surface area contributed by atoms with Crippen molar-refractivity contribution in [2.75, 3.05) is 0 Å². The van der Waals surface area contributed by atoms with Crippen molar-refractivity contribution in [3.63, 3.8) is 0 Å². The van der Waals surface area contributed by atoms with E-state index in [4.69, 9.17) is 0 Å². The van der Waals surface area contributed by atoms with E-state index in [1.54, 1.807) is 0 Å². The zero-order valence-corrected chi connectivity index (χ0v) is 8.03. The zero-order valence-electron chi connectivity index (χ0n) is 8.03. The van der Waals surface area contributed by atoms with Gasteiger partial charge in [-0.2, -0.15) is 5.21 Å². The van der Waals surface area contributed by atoms with E-state index in [2.05, 4.69) is 27.5 Å². The molecule has 13 heavy (non-hydrogen) atoms. The molecular formula is C9H16N4. The topological polar surface area (TPSA) is 54.5 Å². The van der Waals surface area contributed by atoms with Crippen molar-refractivity contribution in [2.24, 2.45) is 5.92 Å². The van der Waals surface area contributed by atoms with Crippen molar-refractivity contribution >= 4 is 0 Å². The highest BCUT2D eigenvalue weighted by molar-refractivity contribution is 4.93. The van der Waals surface area contributed by atoms with Gasteiger partial charge in [0.25, 0.3) is 0 Å². The number of H-pyrrole nitrogens is 1. The minimum absolute atomic E-state index is 0.553. The number of rotatable bonds is 2. The predicted octanol–water partition coefficient (Wildman–Crippen LogP) is 1.88. The molecule has 1 N–H and O–H groups in total. The maximum absolute atomic E-state index is 4.06. The third kappa shape index (κ3) is 1.87. The molecule has 2 unspecified atom stereocenters. The Labute approximate surface area is 78.1 Å². The van der Waals surface area contributed by atoms with Gasteiger partial charge >= 0.3 is 0 Å². The van der Waals surface area contributed by atoms with Crippen molar-refractivity contribution in [3.8, 4) is 0 Å². The molecular weight excluding hydrogens is 164 g/mol. The van der Waals surface area contributed by atoms with Crippen LogP contribution in [0.3, 0.4) is 0 Å². The van der Waals surface area contributed by atoms with E-state index in [9.17, 15) is 0 Å². The number of hydrogen-bond acceptors (Lipinski definition) is 3. The summed E-state index contributed by atoms with van der Waals surface area (Å²) in [4.78, 5) is 0. The predicted molar refractivity (Wildman–Crippen MR) is 49.2 cm³/mol. The van der Waals surface area contributed by atoms with E-state index in [-0.39, 0.29) is 0 Å². The summed E-state index contributed by atoms with van der Waals surface area (Å²) in [7, 11) is 0. The van der Waals surface area contributed by atoms with Crippen LogP contribution in [-0.2, 0) is 0 Å². The molecule has 1 aliphatic rings. The molecule has 0 aliphatic heterocycles. The van der Waals surface area contributed by atoms with Crippen molar-refractivity contribution in [1.29, 1.82) is 0 Å². The van der Waals surface area contributed by atoms with Crippen LogP contribution in [-0.4, -0.2) is 20.6 Å². The first kappa shape index (κ1) is 8.66. The minimum Gasteiger partial charge on any atom is -0.177 e. The SMILES string of the molecule is CCC1CCCC(c2nn[nH]n2)C1. The Kier molecular flexibility index (Phi) is 2.57. The highest BCUT2D eigenvalue weighted by Gasteiger charge is 2.24. The quantitative estimate of drug-likeness (QED) is 0.756. The van der Waals surface area contributed by atoms with Crippen molar-refractivity contribution in [2.45, 2.75) is 44.9 Å². The minimum atomic E-state index is 0.553. The monoisotopic (exact) mass is 180 g/mol. The molecule has 4 nitrogen and oxygen atoms in total. The molecule has 1 heterocycles. The second kappa shape index (κ2) is 3.85. The van der Waals surface area contributed by atoms with Crippen molar-refractivity contribution < 1.29 is 0 Å². The largest absolute Gasteiger partial charge is 0.177 e. The average Bonchev–Trinajstić information content (AvgIpc) is 2.71. The van der Waals surface area contributed by atoms with Crippen LogP contribution < -0.4 is 0 Å². The Morgan fingerprint density at radius 2 is 2.38 bits per heavy atom. The van der Waals surface area contributed by atoms with E-state index < -0.39 is 0 Å². The Balaban J connectivity index is 2.00. The van der Waals surface area contributed by atoms with Gasteiger partial charge < -0.3 is 0 Å². The summed E-state index contributed by atoms with van der Waals surface area (Å²) in [6.45, 7) is 2.27. The van der Waals surface area contributed by atoms with Gasteiger partial charge in [0, 0.05) is 5.92 Å². The zero-order chi connectivity index (χ0) is 9.10. The lowest BCUT2D eigenvalue weighted by atomic mass is 9.80. The molecule has 0 bridgehead atoms. The smallest absolute Gasteiger partial charge is 0.177 e. The molecule has 0 aromatic carbocycles. The number of aromatic nitrogens is 4. The van der Waals surface area contributed by atoms with Gasteiger partial charge in [-0.1, -0.05) is 31.4 Å². The van der Waals surface area contributed by atoms with Crippen molar-refractivity contribution in [1.82, 2.24) is 20.6 Å². The fraction of sp³-hybridized carbons (Fsp3) is 0.889. The molecule has 1 aromatic rings. The lowest BCUT2D eigenvalue weighted by Crippen LogP contribution is -2.14. The number of nitrogens with one attached hydrogen (secondary N) is 1. The molecule has 72 valence electrons. The molecule has 1 saturated carbocycles. The number of hydrogen-bond donors (Lipinski definition) is 1. The van der Waals surface area contributed by atoms with Gasteiger partial charge in [0.1, 0.15) is 0 Å². The van der Waals surface area contributed by atoms with Crippen LogP contribution in [0.5, 0.6) is 0 Å². The number of nitrogens with zero attached hydrogens (tertiary/aromatic N) is 3. The van der Waals surface area contributed by atoms with E-state index in [0.717, 1.165) is 11.7 Å². The molecule has 0 amide bonds. The molecule has 2 rings (SSSR count). The van der Waals surface area contributed by atoms with Gasteiger partial charge in [-0.25, -0.2) is 0 Å². The molecule has 4 heteroatoms. The molecule has 0 radical (unpaired) electrons. The number of tetrazole rings is 1. The summed E-state index contributed by atoms with van der Waals surface area (Å²) < 4.78 is 0. The maximum atomic E-state index is 4.06. The van der Waals surface area contributed by atoms with Gasteiger partial charge in [0.05, 0.1) is 0 Å². The molecule has 1 aromatic heterocycles. The summed E-state index contributed by atoms with van der Waals surface area (Å²) in [5, 5.41) is 14.3. The molecule has 2 atom stereocenters. The first-order valence-corrected chi connectivity index (χ1v) is 5.13. The van der Waals surface area contributed by atoms with Gasteiger partial charge in [-0.15, -0.1) is 10.2 Å². The van der Waals surface area contributed by atoms with Crippen LogP contribution in [0, 0.1) is 5.92 Å². The van der Waals surface area contributed by atoms with Crippen LogP contribution in [0.1, 0.15) is 50.8 Å². The van der Waals surface area contributed by atoms with Crippen LogP contribution in [0.4, 0.5) is 0 Å². The Hall–Kier alpha value is -0.930. The van der Waals surface area contributed by atoms with Crippen LogP contribution in [0.2, 0.25) is 0 Å². The molecule has 1 aliphatic carbocycles. The van der Waals surface area contributed by atoms with Crippen LogP contribution in [0.25, 0.3) is 0 Å². The first-order valence-electron chi connectivity index (χ1n) is 5.13. The molecule has 0 saturated heterocycles. The summed E-state index contributed by atoms with van der Waals surface area (Å²) in [5.74, 6) is 2.34. The van der Waals surface area contributed by atoms with Crippen molar-refractivity contribution in [3.05, 3.63) is 5.82 Å². The van der Waals surface area contributed by atoms with Gasteiger partial charge in [0.2, 0.25) is 0 Å². The van der Waals surface area contributed by atoms with Gasteiger partial charge in [-0.3, -0.25) is 0 Å². The van der Waals surface area contributed by atoms with E-state index >= 15 is 0 Å². The van der Waals surface area contributed by atoms with E-state index in [1.807, 2.05) is 0 Å². The second-order valence-electron chi connectivity index (χ2n) is 3.91. The Morgan fingerprint density at radius 3 is 3.08 bits per heavy atom. The summed E-state index contributed by atoms with van der Waals surface area (Å²) in [5.41, 5.74) is 0. The van der Waals surface area contributed by atoms with Gasteiger partial charge in [-0.05, 0) is 18.8 Å². The third-order valence-electron chi connectivity index (χ3n) is 3.09. The maximum Gasteiger partial charge on any atom is 0.177 e. The van der Waals surface area contributed by atoms with E-state index in [1.165, 1.54) is 32.1 Å². The fourth-order valence-electron chi connectivity index (χ4n) is 2.24. The fourth-order valence-corrected chi connectivity index (χ4v) is 2.24. The molecule has 1 fully saturated rings. The van der Waals surface area contributed by atoms with Crippen LogP contribution in [0.15, 0.2) is 0 Å². The highest BCUT2D eigenvalue weighted by atomic mass is 15.5. The summed E-state index contributed by atoms with van der Waals surface area (Å²) >= 11 is 0. The lowest BCUT2D eigenvalue weighted by Gasteiger charge is -2.25. The first-order chi connectivity index (χ1) is 6.40. The number of aromatic amines is 1. The summed E-state index contributed by atoms with van der Waals surface area (Å²) in [6.07, 6.45) is 6.46.